The summed E-state index contributed by atoms with van der Waals surface area (Å²) in [5.74, 6) is -2.19. The Morgan fingerprint density at radius 3 is 2.30 bits per heavy atom. The fourth-order valence-electron chi connectivity index (χ4n) is 6.61. The van der Waals surface area contributed by atoms with Crippen molar-refractivity contribution >= 4 is 49.4 Å². The number of nitrogens with one attached hydrogen (secondary N) is 3. The molecule has 3 aromatic rings. The van der Waals surface area contributed by atoms with Gasteiger partial charge in [-0.2, -0.15) is 0 Å². The number of hydrogen-bond donors (Lipinski definition) is 3. The molecule has 3 amide bonds. The van der Waals surface area contributed by atoms with Crippen LogP contribution >= 0.6 is 11.6 Å². The van der Waals surface area contributed by atoms with E-state index < -0.39 is 50.0 Å². The molecule has 0 unspecified atom stereocenters. The average Bonchev–Trinajstić information content (AvgIpc) is 3.00. The summed E-state index contributed by atoms with van der Waals surface area (Å²) in [5.41, 5.74) is 2.51. The Labute approximate surface area is 280 Å². The molecular weight excluding hydrogens is 664 g/mol. The summed E-state index contributed by atoms with van der Waals surface area (Å²) in [7, 11) is -7.32. The van der Waals surface area contributed by atoms with E-state index in [4.69, 9.17) is 11.6 Å². The van der Waals surface area contributed by atoms with Crippen molar-refractivity contribution in [3.63, 3.8) is 0 Å². The van der Waals surface area contributed by atoms with Crippen LogP contribution in [0.25, 0.3) is 0 Å². The second kappa shape index (κ2) is 14.1. The molecule has 0 spiro atoms. The molecule has 4 atom stereocenters. The maximum absolute atomic E-state index is 14.3. The van der Waals surface area contributed by atoms with Gasteiger partial charge in [-0.05, 0) is 66.3 Å². The normalized spacial score (nSPS) is 21.5. The lowest BCUT2D eigenvalue weighted by Gasteiger charge is -2.49. The van der Waals surface area contributed by atoms with Gasteiger partial charge in [-0.1, -0.05) is 66.9 Å². The quantitative estimate of drug-likeness (QED) is 0.292. The van der Waals surface area contributed by atoms with Crippen LogP contribution in [0.2, 0.25) is 5.02 Å². The summed E-state index contributed by atoms with van der Waals surface area (Å²) in [4.78, 5) is 42.7. The van der Waals surface area contributed by atoms with Gasteiger partial charge in [0.15, 0.2) is 0 Å². The zero-order valence-corrected chi connectivity index (χ0v) is 28.4. The highest BCUT2D eigenvalue weighted by Crippen LogP contribution is 2.46. The van der Waals surface area contributed by atoms with Gasteiger partial charge in [-0.25, -0.2) is 26.3 Å². The Balaban J connectivity index is 1.48. The van der Waals surface area contributed by atoms with Crippen LogP contribution in [0.5, 0.6) is 0 Å². The molecule has 0 radical (unpaired) electrons. The fourth-order valence-corrected chi connectivity index (χ4v) is 8.01. The molecule has 14 heteroatoms. The SMILES string of the molecule is CS(=O)(=O)NC(=O)c1cccc(CCNC(=O)[C@@H]2c3ccccc3C(=O)N([C@H]3CCCC[C@@H]3NS(C)(=O)=O)[C@H]2c2ccc(Cl)cc2)c1. The fraction of sp³-hybridized carbons (Fsp3) is 0.364. The number of fused-ring (bicyclic) bond motifs is 1. The highest BCUT2D eigenvalue weighted by atomic mass is 35.5. The molecule has 250 valence electrons. The van der Waals surface area contributed by atoms with Crippen molar-refractivity contribution in [2.45, 2.75) is 56.1 Å². The highest BCUT2D eigenvalue weighted by Gasteiger charge is 2.48. The first kappa shape index (κ1) is 34.6. The van der Waals surface area contributed by atoms with E-state index in [0.717, 1.165) is 25.4 Å². The van der Waals surface area contributed by atoms with E-state index in [1.54, 1.807) is 71.6 Å². The predicted molar refractivity (Wildman–Crippen MR) is 179 cm³/mol. The summed E-state index contributed by atoms with van der Waals surface area (Å²) < 4.78 is 52.5. The predicted octanol–water partition coefficient (Wildman–Crippen LogP) is 3.53. The van der Waals surface area contributed by atoms with Crippen molar-refractivity contribution in [1.29, 1.82) is 0 Å². The molecule has 2 aliphatic rings. The summed E-state index contributed by atoms with van der Waals surface area (Å²) in [6.45, 7) is 0.192. The van der Waals surface area contributed by atoms with Crippen LogP contribution in [0, 0.1) is 0 Å². The lowest BCUT2D eigenvalue weighted by Crippen LogP contribution is -2.59. The van der Waals surface area contributed by atoms with Crippen molar-refractivity contribution < 1.29 is 31.2 Å². The number of halogens is 1. The van der Waals surface area contributed by atoms with Gasteiger partial charge in [0.1, 0.15) is 0 Å². The number of hydrogen-bond acceptors (Lipinski definition) is 7. The maximum atomic E-state index is 14.3. The number of carbonyl (C=O) groups is 3. The average molecular weight is 701 g/mol. The van der Waals surface area contributed by atoms with E-state index in [1.165, 1.54) is 6.07 Å². The monoisotopic (exact) mass is 700 g/mol. The van der Waals surface area contributed by atoms with Crippen molar-refractivity contribution in [2.75, 3.05) is 19.1 Å². The van der Waals surface area contributed by atoms with E-state index in [2.05, 4.69) is 10.0 Å². The summed E-state index contributed by atoms with van der Waals surface area (Å²) in [6.07, 6.45) is 5.05. The van der Waals surface area contributed by atoms with Gasteiger partial charge in [0.25, 0.3) is 11.8 Å². The van der Waals surface area contributed by atoms with Crippen LogP contribution in [-0.2, 0) is 31.3 Å². The molecule has 11 nitrogen and oxygen atoms in total. The van der Waals surface area contributed by atoms with Crippen molar-refractivity contribution in [2.24, 2.45) is 0 Å². The van der Waals surface area contributed by atoms with Gasteiger partial charge in [-0.15, -0.1) is 0 Å². The van der Waals surface area contributed by atoms with E-state index in [-0.39, 0.29) is 23.9 Å². The minimum atomic E-state index is -3.73. The summed E-state index contributed by atoms with van der Waals surface area (Å²) in [5, 5.41) is 3.51. The Kier molecular flexibility index (Phi) is 10.4. The van der Waals surface area contributed by atoms with Crippen molar-refractivity contribution in [1.82, 2.24) is 19.7 Å². The standard InChI is InChI=1S/C33H37ClN4O7S2/c1-46(42,43)36-27-12-5-6-13-28(27)38-30(22-14-16-24(34)17-15-22)29(25-10-3-4-11-26(25)33(38)41)32(40)35-19-18-21-8-7-9-23(20-21)31(39)37-47(2,44)45/h3-4,7-11,14-17,20,27-30,36H,5-6,12-13,18-19H2,1-2H3,(H,35,40)(H,37,39)/t27-,28-,29+,30-/m0/s1. The van der Waals surface area contributed by atoms with E-state index in [1.807, 2.05) is 4.72 Å². The van der Waals surface area contributed by atoms with Crippen LogP contribution < -0.4 is 14.8 Å². The first-order chi connectivity index (χ1) is 22.2. The molecule has 5 rings (SSSR count). The Morgan fingerprint density at radius 1 is 0.894 bits per heavy atom. The molecule has 3 aromatic carbocycles. The highest BCUT2D eigenvalue weighted by molar-refractivity contribution is 7.89. The smallest absolute Gasteiger partial charge is 0.264 e. The molecule has 1 heterocycles. The number of benzene rings is 3. The molecule has 3 N–H and O–H groups in total. The molecule has 1 aliphatic carbocycles. The lowest BCUT2D eigenvalue weighted by molar-refractivity contribution is -0.124. The number of rotatable bonds is 10. The summed E-state index contributed by atoms with van der Waals surface area (Å²) in [6, 6.07) is 18.7. The largest absolute Gasteiger partial charge is 0.355 e. The number of carbonyl (C=O) groups excluding carboxylic acids is 3. The number of sulfonamides is 2. The third kappa shape index (κ3) is 8.39. The van der Waals surface area contributed by atoms with Gasteiger partial charge in [0, 0.05) is 34.8 Å². The molecule has 47 heavy (non-hydrogen) atoms. The third-order valence-corrected chi connectivity index (χ3v) is 10.0. The second-order valence-electron chi connectivity index (χ2n) is 12.1. The minimum absolute atomic E-state index is 0.169. The van der Waals surface area contributed by atoms with Crippen LogP contribution in [0.3, 0.4) is 0 Å². The van der Waals surface area contributed by atoms with Gasteiger partial charge >= 0.3 is 0 Å². The minimum Gasteiger partial charge on any atom is -0.355 e. The zero-order chi connectivity index (χ0) is 33.9. The van der Waals surface area contributed by atoms with Gasteiger partial charge < -0.3 is 10.2 Å². The van der Waals surface area contributed by atoms with E-state index >= 15 is 0 Å². The lowest BCUT2D eigenvalue weighted by atomic mass is 9.76. The summed E-state index contributed by atoms with van der Waals surface area (Å²) >= 11 is 6.24. The van der Waals surface area contributed by atoms with Gasteiger partial charge in [0.05, 0.1) is 24.5 Å². The van der Waals surface area contributed by atoms with Crippen LogP contribution in [0.4, 0.5) is 0 Å². The molecule has 1 fully saturated rings. The van der Waals surface area contributed by atoms with Crippen LogP contribution in [0.15, 0.2) is 72.8 Å². The maximum Gasteiger partial charge on any atom is 0.264 e. The molecule has 1 saturated carbocycles. The zero-order valence-electron chi connectivity index (χ0n) is 26.0. The molecule has 0 saturated heterocycles. The van der Waals surface area contributed by atoms with Crippen molar-refractivity contribution in [3.05, 3.63) is 106 Å². The number of nitrogens with zero attached hydrogens (tertiary/aromatic N) is 1. The van der Waals surface area contributed by atoms with Gasteiger partial charge in [-0.3, -0.25) is 14.4 Å². The topological polar surface area (TPSA) is 159 Å². The molecule has 0 bridgehead atoms. The van der Waals surface area contributed by atoms with Gasteiger partial charge in [0.2, 0.25) is 26.0 Å². The van der Waals surface area contributed by atoms with E-state index in [9.17, 15) is 31.2 Å². The van der Waals surface area contributed by atoms with Crippen LogP contribution in [0.1, 0.15) is 75.0 Å². The molecule has 1 aliphatic heterocycles. The number of amides is 3. The first-order valence-corrected chi connectivity index (χ1v) is 19.4. The molecular formula is C33H37ClN4O7S2. The Morgan fingerprint density at radius 2 is 1.60 bits per heavy atom. The van der Waals surface area contributed by atoms with E-state index in [0.29, 0.717) is 46.5 Å². The third-order valence-electron chi connectivity index (χ3n) is 8.50. The van der Waals surface area contributed by atoms with Crippen LogP contribution in [-0.4, -0.2) is 70.6 Å². The molecule has 0 aromatic heterocycles. The Hall–Kier alpha value is -3.78. The second-order valence-corrected chi connectivity index (χ2v) is 16.0. The Bertz CT molecular complexity index is 1880. The van der Waals surface area contributed by atoms with Crippen molar-refractivity contribution in [3.8, 4) is 0 Å². The first-order valence-electron chi connectivity index (χ1n) is 15.2.